The summed E-state index contributed by atoms with van der Waals surface area (Å²) in [6.07, 6.45) is 2.10. The minimum atomic E-state index is -0.547. The molecule has 1 unspecified atom stereocenters. The summed E-state index contributed by atoms with van der Waals surface area (Å²) in [5.74, 6) is 0.922. The van der Waals surface area contributed by atoms with E-state index in [2.05, 4.69) is 31.3 Å². The molecular weight excluding hydrogens is 375 g/mol. The molecule has 8 heteroatoms. The van der Waals surface area contributed by atoms with Crippen molar-refractivity contribution in [2.45, 2.75) is 45.8 Å². The lowest BCUT2D eigenvalue weighted by molar-refractivity contribution is 0.0516. The van der Waals surface area contributed by atoms with E-state index >= 15 is 0 Å². The number of rotatable bonds is 6. The van der Waals surface area contributed by atoms with E-state index < -0.39 is 11.7 Å². The van der Waals surface area contributed by atoms with Crippen LogP contribution in [0.5, 0.6) is 0 Å². The van der Waals surface area contributed by atoms with Crippen molar-refractivity contribution in [3.8, 4) is 0 Å². The monoisotopic (exact) mass is 402 g/mol. The Hall–Kier alpha value is -2.24. The second-order valence-corrected chi connectivity index (χ2v) is 7.96. The van der Waals surface area contributed by atoms with E-state index in [4.69, 9.17) is 14.2 Å². The van der Waals surface area contributed by atoms with Gasteiger partial charge in [-0.05, 0) is 26.8 Å². The van der Waals surface area contributed by atoms with Gasteiger partial charge in [-0.3, -0.25) is 4.98 Å². The molecule has 28 heavy (non-hydrogen) atoms. The highest BCUT2D eigenvalue weighted by molar-refractivity contribution is 7.09. The quantitative estimate of drug-likeness (QED) is 0.630. The third kappa shape index (κ3) is 4.42. The molecule has 1 aromatic carbocycles. The number of carbonyl (C=O) groups excluding carboxylic acids is 1. The van der Waals surface area contributed by atoms with Crippen LogP contribution in [0.25, 0.3) is 21.9 Å². The van der Waals surface area contributed by atoms with Gasteiger partial charge in [-0.2, -0.15) is 0 Å². The first kappa shape index (κ1) is 20.5. The predicted molar refractivity (Wildman–Crippen MR) is 113 cm³/mol. The van der Waals surface area contributed by atoms with Crippen LogP contribution in [-0.2, 0) is 15.7 Å². The van der Waals surface area contributed by atoms with E-state index in [9.17, 15) is 4.79 Å². The van der Waals surface area contributed by atoms with Gasteiger partial charge in [-0.25, -0.2) is 9.78 Å². The highest BCUT2D eigenvalue weighted by Gasteiger charge is 2.23. The molecule has 0 aliphatic carbocycles. The lowest BCUT2D eigenvalue weighted by atomic mass is 10.1. The summed E-state index contributed by atoms with van der Waals surface area (Å²) in [4.78, 5) is 21.4. The third-order valence-corrected chi connectivity index (χ3v) is 4.54. The molecule has 0 saturated heterocycles. The Balaban J connectivity index is 2.02. The molecule has 2 heterocycles. The molecule has 0 spiro atoms. The number of hydrogen-bond donors (Lipinski definition) is 1. The molecule has 1 amide bonds. The van der Waals surface area contributed by atoms with Crippen molar-refractivity contribution < 1.29 is 14.1 Å². The zero-order chi connectivity index (χ0) is 20.3. The van der Waals surface area contributed by atoms with Crippen LogP contribution in [-0.4, -0.2) is 39.4 Å². The number of carbonyl (C=O) groups is 1. The lowest BCUT2D eigenvalue weighted by Gasteiger charge is -2.24. The van der Waals surface area contributed by atoms with Gasteiger partial charge >= 0.3 is 6.09 Å². The molecule has 1 N–H and O–H groups in total. The number of imidazole rings is 1. The first-order valence-electron chi connectivity index (χ1n) is 9.37. The molecule has 0 saturated carbocycles. The summed E-state index contributed by atoms with van der Waals surface area (Å²) in [5.41, 5.74) is 2.20. The standard InChI is InChI=1S/C20H27N4O3P/c1-5-17-23-16-11-21-15-9-7-6-8-14(15)18(16)24(17)13(12-26-28)10-22-19(25)27-20(2,3)4/h6-9,11,13H,5,10,12,28H2,1-4H3,(H,22,25)/t13-/m0/s1. The Labute approximate surface area is 167 Å². The van der Waals surface area contributed by atoms with E-state index in [1.807, 2.05) is 45.0 Å². The van der Waals surface area contributed by atoms with Gasteiger partial charge in [0.2, 0.25) is 0 Å². The number of pyridine rings is 1. The van der Waals surface area contributed by atoms with Gasteiger partial charge in [0, 0.05) is 27.8 Å². The average molecular weight is 402 g/mol. The van der Waals surface area contributed by atoms with Crippen molar-refractivity contribution in [1.82, 2.24) is 19.9 Å². The zero-order valence-corrected chi connectivity index (χ0v) is 17.9. The van der Waals surface area contributed by atoms with Gasteiger partial charge in [0.1, 0.15) is 16.9 Å². The number of nitrogens with one attached hydrogen (secondary N) is 1. The molecular formula is C20H27N4O3P. The number of aryl methyl sites for hydroxylation is 1. The van der Waals surface area contributed by atoms with Crippen LogP contribution in [0.2, 0.25) is 0 Å². The van der Waals surface area contributed by atoms with Gasteiger partial charge in [-0.1, -0.05) is 25.1 Å². The number of alkyl carbamates (subject to hydrolysis) is 1. The second kappa shape index (κ2) is 8.41. The maximum absolute atomic E-state index is 12.2. The van der Waals surface area contributed by atoms with E-state index in [1.54, 1.807) is 6.20 Å². The van der Waals surface area contributed by atoms with Gasteiger partial charge in [0.15, 0.2) is 0 Å². The fourth-order valence-corrected chi connectivity index (χ4v) is 3.49. The number of hydrogen-bond acceptors (Lipinski definition) is 5. The number of nitrogens with zero attached hydrogens (tertiary/aromatic N) is 3. The molecule has 2 atom stereocenters. The summed E-state index contributed by atoms with van der Waals surface area (Å²) in [7, 11) is 2.28. The van der Waals surface area contributed by atoms with Gasteiger partial charge < -0.3 is 19.1 Å². The predicted octanol–water partition coefficient (Wildman–Crippen LogP) is 4.02. The van der Waals surface area contributed by atoms with Crippen molar-refractivity contribution in [1.29, 1.82) is 0 Å². The maximum Gasteiger partial charge on any atom is 0.407 e. The Morgan fingerprint density at radius 2 is 2.04 bits per heavy atom. The van der Waals surface area contributed by atoms with Crippen molar-refractivity contribution in [3.63, 3.8) is 0 Å². The molecule has 3 aromatic rings. The van der Waals surface area contributed by atoms with Crippen molar-refractivity contribution >= 4 is 37.5 Å². The highest BCUT2D eigenvalue weighted by Crippen LogP contribution is 2.28. The van der Waals surface area contributed by atoms with E-state index in [-0.39, 0.29) is 6.04 Å². The SMILES string of the molecule is CCc1nc2cnc3ccccc3c2n1[C@@H](CNC(=O)OC(C)(C)C)COP. The van der Waals surface area contributed by atoms with Crippen LogP contribution in [0.4, 0.5) is 4.79 Å². The molecule has 3 rings (SSSR count). The molecule has 0 bridgehead atoms. The van der Waals surface area contributed by atoms with E-state index in [1.165, 1.54) is 0 Å². The molecule has 0 fully saturated rings. The smallest absolute Gasteiger partial charge is 0.407 e. The van der Waals surface area contributed by atoms with Crippen LogP contribution < -0.4 is 5.32 Å². The first-order valence-corrected chi connectivity index (χ1v) is 9.84. The molecule has 0 radical (unpaired) electrons. The van der Waals surface area contributed by atoms with Gasteiger partial charge in [-0.15, -0.1) is 0 Å². The van der Waals surface area contributed by atoms with Crippen LogP contribution >= 0.6 is 9.47 Å². The average Bonchev–Trinajstić information content (AvgIpc) is 3.02. The minimum absolute atomic E-state index is 0.143. The largest absolute Gasteiger partial charge is 0.444 e. The Kier molecular flexibility index (Phi) is 6.16. The molecule has 150 valence electrons. The summed E-state index contributed by atoms with van der Waals surface area (Å²) in [5, 5.41) is 3.89. The number of amides is 1. The topological polar surface area (TPSA) is 78.3 Å². The number of benzene rings is 1. The minimum Gasteiger partial charge on any atom is -0.444 e. The van der Waals surface area contributed by atoms with E-state index in [0.717, 1.165) is 34.2 Å². The Morgan fingerprint density at radius 3 is 2.71 bits per heavy atom. The number of para-hydroxylation sites is 1. The first-order chi connectivity index (χ1) is 13.3. The second-order valence-electron chi connectivity index (χ2n) is 7.63. The van der Waals surface area contributed by atoms with Gasteiger partial charge in [0.25, 0.3) is 0 Å². The Morgan fingerprint density at radius 1 is 1.29 bits per heavy atom. The molecule has 0 aliphatic rings. The summed E-state index contributed by atoms with van der Waals surface area (Å²) in [6, 6.07) is 7.85. The molecule has 2 aromatic heterocycles. The fraction of sp³-hybridized carbons (Fsp3) is 0.450. The van der Waals surface area contributed by atoms with Crippen LogP contribution in [0, 0.1) is 0 Å². The highest BCUT2D eigenvalue weighted by atomic mass is 31.0. The summed E-state index contributed by atoms with van der Waals surface area (Å²) < 4.78 is 12.9. The van der Waals surface area contributed by atoms with Crippen LogP contribution in [0.3, 0.4) is 0 Å². The molecule has 0 aliphatic heterocycles. The van der Waals surface area contributed by atoms with Crippen LogP contribution in [0.15, 0.2) is 30.5 Å². The fourth-order valence-electron chi connectivity index (χ4n) is 3.27. The lowest BCUT2D eigenvalue weighted by Crippen LogP contribution is -2.37. The van der Waals surface area contributed by atoms with Crippen molar-refractivity contribution in [2.75, 3.05) is 13.2 Å². The normalized spacial score (nSPS) is 13.0. The van der Waals surface area contributed by atoms with Crippen molar-refractivity contribution in [2.24, 2.45) is 0 Å². The van der Waals surface area contributed by atoms with Crippen LogP contribution in [0.1, 0.15) is 39.6 Å². The Bertz CT molecular complexity index is 981. The van der Waals surface area contributed by atoms with Gasteiger partial charge in [0.05, 0.1) is 29.9 Å². The summed E-state index contributed by atoms with van der Waals surface area (Å²) in [6.45, 7) is 8.34. The third-order valence-electron chi connectivity index (χ3n) is 4.35. The maximum atomic E-state index is 12.2. The zero-order valence-electron chi connectivity index (χ0n) is 16.7. The number of aromatic nitrogens is 3. The molecule has 7 nitrogen and oxygen atoms in total. The van der Waals surface area contributed by atoms with Crippen molar-refractivity contribution in [3.05, 3.63) is 36.3 Å². The number of ether oxygens (including phenoxy) is 1. The summed E-state index contributed by atoms with van der Waals surface area (Å²) >= 11 is 0. The number of fused-ring (bicyclic) bond motifs is 3. The van der Waals surface area contributed by atoms with E-state index in [0.29, 0.717) is 13.2 Å².